The van der Waals surface area contributed by atoms with Crippen LogP contribution in [-0.2, 0) is 25.6 Å². The molecule has 0 saturated carbocycles. The van der Waals surface area contributed by atoms with E-state index in [1.807, 2.05) is 31.2 Å². The molecule has 0 saturated heterocycles. The quantitative estimate of drug-likeness (QED) is 0.171. The number of nitrogens with two attached hydrogens (primary N) is 2. The highest BCUT2D eigenvalue weighted by atomic mass is 16.4. The molecule has 36 heavy (non-hydrogen) atoms. The van der Waals surface area contributed by atoms with Crippen molar-refractivity contribution < 1.29 is 24.3 Å². The molecule has 3 amide bonds. The Labute approximate surface area is 210 Å². The van der Waals surface area contributed by atoms with Crippen LogP contribution in [0, 0.1) is 5.92 Å². The average molecular weight is 503 g/mol. The molecule has 9 N–H and O–H groups in total. The van der Waals surface area contributed by atoms with Gasteiger partial charge in [0.05, 0.1) is 6.54 Å². The van der Waals surface area contributed by atoms with E-state index in [1.165, 1.54) is 0 Å². The normalized spacial score (nSPS) is 14.4. The summed E-state index contributed by atoms with van der Waals surface area (Å²) < 4.78 is 0. The van der Waals surface area contributed by atoms with Crippen LogP contribution >= 0.6 is 0 Å². The number of amides is 3. The van der Waals surface area contributed by atoms with Gasteiger partial charge in [-0.15, -0.1) is 0 Å². The van der Waals surface area contributed by atoms with E-state index in [9.17, 15) is 24.3 Å². The van der Waals surface area contributed by atoms with Crippen molar-refractivity contribution in [1.29, 1.82) is 0 Å². The summed E-state index contributed by atoms with van der Waals surface area (Å²) in [5, 5.41) is 18.4. The molecule has 0 radical (unpaired) electrons. The number of para-hydroxylation sites is 1. The molecule has 0 aliphatic carbocycles. The SMILES string of the molecule is CCC(C)C(NC(=O)C(Cc1c[nH]c2ccccc12)NC(=O)C(CCCCN)NC(=O)CN)C(=O)O. The number of unbranched alkanes of at least 4 members (excludes halogenated alkanes) is 1. The number of benzene rings is 1. The van der Waals surface area contributed by atoms with E-state index in [0.29, 0.717) is 32.2 Å². The summed E-state index contributed by atoms with van der Waals surface area (Å²) >= 11 is 0. The van der Waals surface area contributed by atoms with Crippen LogP contribution in [0.4, 0.5) is 0 Å². The van der Waals surface area contributed by atoms with Crippen molar-refractivity contribution in [2.45, 2.75) is 64.1 Å². The maximum Gasteiger partial charge on any atom is 0.326 e. The molecule has 0 fully saturated rings. The second kappa shape index (κ2) is 14.2. The summed E-state index contributed by atoms with van der Waals surface area (Å²) in [5.74, 6) is -3.13. The number of carboxylic acid groups (broad SMARTS) is 1. The number of aromatic amines is 1. The molecule has 0 bridgehead atoms. The Morgan fingerprint density at radius 1 is 1.00 bits per heavy atom. The molecule has 4 unspecified atom stereocenters. The minimum atomic E-state index is -1.15. The van der Waals surface area contributed by atoms with Crippen LogP contribution in [0.3, 0.4) is 0 Å². The molecule has 0 aliphatic heterocycles. The maximum atomic E-state index is 13.3. The molecule has 198 valence electrons. The number of aliphatic carboxylic acids is 1. The molecule has 2 rings (SSSR count). The number of H-pyrrole nitrogens is 1. The van der Waals surface area contributed by atoms with Crippen molar-refractivity contribution in [3.8, 4) is 0 Å². The lowest BCUT2D eigenvalue weighted by Crippen LogP contribution is -2.57. The molecule has 4 atom stereocenters. The van der Waals surface area contributed by atoms with Gasteiger partial charge in [0.25, 0.3) is 0 Å². The van der Waals surface area contributed by atoms with E-state index in [0.717, 1.165) is 16.5 Å². The van der Waals surface area contributed by atoms with Gasteiger partial charge in [0, 0.05) is 23.5 Å². The lowest BCUT2D eigenvalue weighted by atomic mass is 9.97. The Morgan fingerprint density at radius 3 is 2.33 bits per heavy atom. The number of nitrogens with one attached hydrogen (secondary N) is 4. The van der Waals surface area contributed by atoms with Gasteiger partial charge in [0.2, 0.25) is 17.7 Å². The lowest BCUT2D eigenvalue weighted by molar-refractivity contribution is -0.143. The Balaban J connectivity index is 2.31. The molecule has 0 spiro atoms. The first kappa shape index (κ1) is 28.8. The van der Waals surface area contributed by atoms with Crippen LogP contribution in [0.1, 0.15) is 45.1 Å². The van der Waals surface area contributed by atoms with E-state index >= 15 is 0 Å². The van der Waals surface area contributed by atoms with Crippen molar-refractivity contribution >= 4 is 34.6 Å². The van der Waals surface area contributed by atoms with Crippen molar-refractivity contribution in [2.75, 3.05) is 13.1 Å². The van der Waals surface area contributed by atoms with Crippen molar-refractivity contribution in [1.82, 2.24) is 20.9 Å². The number of hydrogen-bond donors (Lipinski definition) is 7. The molecule has 11 heteroatoms. The molecular weight excluding hydrogens is 464 g/mol. The number of hydrogen-bond acceptors (Lipinski definition) is 6. The molecule has 11 nitrogen and oxygen atoms in total. The van der Waals surface area contributed by atoms with Crippen LogP contribution in [0.15, 0.2) is 30.5 Å². The van der Waals surface area contributed by atoms with Crippen LogP contribution in [0.2, 0.25) is 0 Å². The van der Waals surface area contributed by atoms with Gasteiger partial charge in [-0.3, -0.25) is 14.4 Å². The Hall–Kier alpha value is -3.44. The minimum absolute atomic E-state index is 0.120. The Bertz CT molecular complexity index is 1040. The number of fused-ring (bicyclic) bond motifs is 1. The summed E-state index contributed by atoms with van der Waals surface area (Å²) in [6.45, 7) is 3.73. The van der Waals surface area contributed by atoms with Gasteiger partial charge in [-0.2, -0.15) is 0 Å². The first-order chi connectivity index (χ1) is 17.2. The van der Waals surface area contributed by atoms with Gasteiger partial charge in [-0.1, -0.05) is 38.5 Å². The third-order valence-electron chi connectivity index (χ3n) is 6.29. The van der Waals surface area contributed by atoms with Gasteiger partial charge >= 0.3 is 5.97 Å². The summed E-state index contributed by atoms with van der Waals surface area (Å²) in [6.07, 6.45) is 4.00. The van der Waals surface area contributed by atoms with Crippen molar-refractivity contribution in [2.24, 2.45) is 17.4 Å². The molecule has 1 heterocycles. The zero-order valence-electron chi connectivity index (χ0n) is 20.9. The van der Waals surface area contributed by atoms with Gasteiger partial charge in [-0.25, -0.2) is 4.79 Å². The van der Waals surface area contributed by atoms with Crippen LogP contribution in [-0.4, -0.2) is 65.0 Å². The highest BCUT2D eigenvalue weighted by Crippen LogP contribution is 2.20. The van der Waals surface area contributed by atoms with Gasteiger partial charge in [0.1, 0.15) is 18.1 Å². The number of carbonyl (C=O) groups excluding carboxylic acids is 3. The zero-order chi connectivity index (χ0) is 26.7. The van der Waals surface area contributed by atoms with Crippen LogP contribution in [0.5, 0.6) is 0 Å². The fraction of sp³-hybridized carbons (Fsp3) is 0.520. The standard InChI is InChI=1S/C25H38N6O5/c1-3-15(2)22(25(35)36)31-24(34)20(12-16-14-28-18-9-5-4-8-17(16)18)30-23(33)19(10-6-7-11-26)29-21(32)13-27/h4-5,8-9,14-15,19-20,22,28H,3,6-7,10-13,26-27H2,1-2H3,(H,29,32)(H,30,33)(H,31,34)(H,35,36). The average Bonchev–Trinajstić information content (AvgIpc) is 3.28. The number of rotatable bonds is 15. The van der Waals surface area contributed by atoms with Crippen molar-refractivity contribution in [3.63, 3.8) is 0 Å². The lowest BCUT2D eigenvalue weighted by Gasteiger charge is -2.26. The van der Waals surface area contributed by atoms with Gasteiger partial charge < -0.3 is 37.5 Å². The van der Waals surface area contributed by atoms with E-state index in [1.54, 1.807) is 13.1 Å². The van der Waals surface area contributed by atoms with E-state index in [4.69, 9.17) is 11.5 Å². The van der Waals surface area contributed by atoms with Crippen molar-refractivity contribution in [3.05, 3.63) is 36.0 Å². The number of aromatic nitrogens is 1. The van der Waals surface area contributed by atoms with E-state index in [2.05, 4.69) is 20.9 Å². The van der Waals surface area contributed by atoms with Crippen LogP contribution in [0.25, 0.3) is 10.9 Å². The smallest absolute Gasteiger partial charge is 0.326 e. The first-order valence-corrected chi connectivity index (χ1v) is 12.3. The Kier molecular flexibility index (Phi) is 11.4. The molecule has 1 aromatic carbocycles. The fourth-order valence-electron chi connectivity index (χ4n) is 3.95. The summed E-state index contributed by atoms with van der Waals surface area (Å²) in [7, 11) is 0. The summed E-state index contributed by atoms with van der Waals surface area (Å²) in [5.41, 5.74) is 12.6. The zero-order valence-corrected chi connectivity index (χ0v) is 20.9. The summed E-state index contributed by atoms with van der Waals surface area (Å²) in [6, 6.07) is 4.45. The van der Waals surface area contributed by atoms with Gasteiger partial charge in [-0.05, 0) is 43.4 Å². The topological polar surface area (TPSA) is 192 Å². The second-order valence-electron chi connectivity index (χ2n) is 8.94. The fourth-order valence-corrected chi connectivity index (χ4v) is 3.95. The van der Waals surface area contributed by atoms with Crippen LogP contribution < -0.4 is 27.4 Å². The first-order valence-electron chi connectivity index (χ1n) is 12.3. The van der Waals surface area contributed by atoms with Gasteiger partial charge in [0.15, 0.2) is 0 Å². The van der Waals surface area contributed by atoms with E-state index < -0.39 is 41.8 Å². The maximum absolute atomic E-state index is 13.3. The predicted octanol–water partition coefficient (Wildman–Crippen LogP) is 0.383. The summed E-state index contributed by atoms with van der Waals surface area (Å²) in [4.78, 5) is 53.4. The molecule has 1 aromatic heterocycles. The number of carboxylic acids is 1. The minimum Gasteiger partial charge on any atom is -0.480 e. The van der Waals surface area contributed by atoms with E-state index in [-0.39, 0.29) is 18.9 Å². The third kappa shape index (κ3) is 8.06. The monoisotopic (exact) mass is 502 g/mol. The molecule has 2 aromatic rings. The largest absolute Gasteiger partial charge is 0.480 e. The number of carbonyl (C=O) groups is 4. The predicted molar refractivity (Wildman–Crippen MR) is 137 cm³/mol. The third-order valence-corrected chi connectivity index (χ3v) is 6.29. The second-order valence-corrected chi connectivity index (χ2v) is 8.94. The highest BCUT2D eigenvalue weighted by Gasteiger charge is 2.31. The highest BCUT2D eigenvalue weighted by molar-refractivity contribution is 5.94. The molecular formula is C25H38N6O5. The molecule has 0 aliphatic rings. The Morgan fingerprint density at radius 2 is 1.69 bits per heavy atom.